The third-order valence-electron chi connectivity index (χ3n) is 3.57. The predicted molar refractivity (Wildman–Crippen MR) is 86.2 cm³/mol. The lowest BCUT2D eigenvalue weighted by molar-refractivity contribution is 0.417. The van der Waals surface area contributed by atoms with E-state index in [9.17, 15) is 0 Å². The summed E-state index contributed by atoms with van der Waals surface area (Å²) in [6.45, 7) is 5.25. The van der Waals surface area contributed by atoms with Crippen LogP contribution in [0.3, 0.4) is 0 Å². The second kappa shape index (κ2) is 5.81. The van der Waals surface area contributed by atoms with Gasteiger partial charge in [-0.1, -0.05) is 13.8 Å². The van der Waals surface area contributed by atoms with Crippen LogP contribution >= 0.6 is 11.3 Å². The molecule has 0 radical (unpaired) electrons. The predicted octanol–water partition coefficient (Wildman–Crippen LogP) is 5.22. The van der Waals surface area contributed by atoms with Gasteiger partial charge in [-0.2, -0.15) is 0 Å². The second-order valence-electron chi connectivity index (χ2n) is 4.89. The van der Waals surface area contributed by atoms with E-state index in [0.717, 1.165) is 30.0 Å². The molecule has 1 aromatic carbocycles. The molecule has 0 saturated heterocycles. The van der Waals surface area contributed by atoms with Gasteiger partial charge in [-0.25, -0.2) is 0 Å². The summed E-state index contributed by atoms with van der Waals surface area (Å²) in [6, 6.07) is 13.1. The quantitative estimate of drug-likeness (QED) is 0.695. The molecule has 1 atom stereocenters. The van der Waals surface area contributed by atoms with Crippen LogP contribution in [0.15, 0.2) is 46.2 Å². The van der Waals surface area contributed by atoms with Crippen LogP contribution < -0.4 is 5.32 Å². The molecule has 3 heteroatoms. The summed E-state index contributed by atoms with van der Waals surface area (Å²) in [7, 11) is 0. The van der Waals surface area contributed by atoms with E-state index in [1.807, 2.05) is 0 Å². The van der Waals surface area contributed by atoms with E-state index in [-0.39, 0.29) is 0 Å². The number of benzene rings is 1. The molecule has 2 nitrogen and oxygen atoms in total. The molecule has 3 aromatic rings. The van der Waals surface area contributed by atoms with Crippen LogP contribution in [0.2, 0.25) is 0 Å². The molecule has 104 valence electrons. The summed E-state index contributed by atoms with van der Waals surface area (Å²) in [6.07, 6.45) is 1.03. The number of rotatable bonds is 5. The van der Waals surface area contributed by atoms with E-state index in [1.165, 1.54) is 10.1 Å². The fraction of sp³-hybridized carbons (Fsp3) is 0.294. The van der Waals surface area contributed by atoms with Gasteiger partial charge in [-0.15, -0.1) is 11.3 Å². The molecule has 0 saturated carbocycles. The van der Waals surface area contributed by atoms with Crippen LogP contribution in [0.25, 0.3) is 21.4 Å². The fourth-order valence-corrected chi connectivity index (χ4v) is 3.28. The number of furan rings is 1. The minimum atomic E-state index is 0.304. The van der Waals surface area contributed by atoms with E-state index >= 15 is 0 Å². The first-order valence-electron chi connectivity index (χ1n) is 7.12. The minimum absolute atomic E-state index is 0.304. The lowest BCUT2D eigenvalue weighted by Gasteiger charge is -2.12. The van der Waals surface area contributed by atoms with E-state index in [2.05, 4.69) is 60.9 Å². The van der Waals surface area contributed by atoms with Crippen LogP contribution in [0.5, 0.6) is 0 Å². The Hall–Kier alpha value is -1.58. The van der Waals surface area contributed by atoms with Crippen molar-refractivity contribution in [3.05, 3.63) is 47.5 Å². The lowest BCUT2D eigenvalue weighted by Crippen LogP contribution is -2.19. The molecule has 0 fully saturated rings. The van der Waals surface area contributed by atoms with Crippen molar-refractivity contribution in [1.29, 1.82) is 0 Å². The maximum atomic E-state index is 6.04. The van der Waals surface area contributed by atoms with Gasteiger partial charge in [0.2, 0.25) is 0 Å². The molecular formula is C17H19NOS. The van der Waals surface area contributed by atoms with Gasteiger partial charge in [0.05, 0.1) is 6.04 Å². The Morgan fingerprint density at radius 2 is 2.05 bits per heavy atom. The van der Waals surface area contributed by atoms with Crippen molar-refractivity contribution in [3.8, 4) is 11.3 Å². The Morgan fingerprint density at radius 1 is 1.15 bits per heavy atom. The third kappa shape index (κ3) is 2.51. The summed E-state index contributed by atoms with van der Waals surface area (Å²) >= 11 is 1.77. The van der Waals surface area contributed by atoms with Crippen molar-refractivity contribution in [2.75, 3.05) is 6.54 Å². The summed E-state index contributed by atoms with van der Waals surface area (Å²) < 4.78 is 7.36. The smallest absolute Gasteiger partial charge is 0.134 e. The second-order valence-corrected chi connectivity index (χ2v) is 5.84. The summed E-state index contributed by atoms with van der Waals surface area (Å²) in [4.78, 5) is 0. The van der Waals surface area contributed by atoms with Gasteiger partial charge >= 0.3 is 0 Å². The summed E-state index contributed by atoms with van der Waals surface area (Å²) in [5.41, 5.74) is 1.15. The maximum Gasteiger partial charge on any atom is 0.134 e. The number of nitrogens with one attached hydrogen (secondary N) is 1. The van der Waals surface area contributed by atoms with E-state index in [0.29, 0.717) is 6.04 Å². The minimum Gasteiger partial charge on any atom is -0.459 e. The van der Waals surface area contributed by atoms with Crippen molar-refractivity contribution < 1.29 is 4.42 Å². The highest BCUT2D eigenvalue weighted by atomic mass is 32.1. The first-order chi connectivity index (χ1) is 9.81. The topological polar surface area (TPSA) is 25.2 Å². The van der Waals surface area contributed by atoms with Crippen molar-refractivity contribution in [3.63, 3.8) is 0 Å². The first-order valence-corrected chi connectivity index (χ1v) is 8.00. The Labute approximate surface area is 123 Å². The van der Waals surface area contributed by atoms with E-state index < -0.39 is 0 Å². The van der Waals surface area contributed by atoms with Gasteiger partial charge in [-0.3, -0.25) is 0 Å². The highest BCUT2D eigenvalue weighted by Gasteiger charge is 2.13. The van der Waals surface area contributed by atoms with E-state index in [4.69, 9.17) is 4.42 Å². The van der Waals surface area contributed by atoms with Gasteiger partial charge in [0.1, 0.15) is 11.5 Å². The summed E-state index contributed by atoms with van der Waals surface area (Å²) in [5.74, 6) is 1.97. The van der Waals surface area contributed by atoms with Gasteiger partial charge in [-0.05, 0) is 60.1 Å². The van der Waals surface area contributed by atoms with Crippen molar-refractivity contribution in [1.82, 2.24) is 5.32 Å². The molecule has 0 aliphatic rings. The largest absolute Gasteiger partial charge is 0.459 e. The Morgan fingerprint density at radius 3 is 2.85 bits per heavy atom. The fourth-order valence-electron chi connectivity index (χ4n) is 2.51. The standard InChI is InChI=1S/C17H19NOS/c1-3-14(18-4-2)16-7-6-15(19-16)12-5-8-17-13(11-12)9-10-20-17/h5-11,14,18H,3-4H2,1-2H3. The number of fused-ring (bicyclic) bond motifs is 1. The van der Waals surface area contributed by atoms with Gasteiger partial charge in [0, 0.05) is 10.3 Å². The Bertz CT molecular complexity index is 698. The molecule has 0 aliphatic carbocycles. The average molecular weight is 285 g/mol. The maximum absolute atomic E-state index is 6.04. The first kappa shape index (κ1) is 13.4. The number of hydrogen-bond acceptors (Lipinski definition) is 3. The molecule has 20 heavy (non-hydrogen) atoms. The zero-order valence-electron chi connectivity index (χ0n) is 11.8. The number of thiophene rings is 1. The van der Waals surface area contributed by atoms with Crippen molar-refractivity contribution in [2.45, 2.75) is 26.3 Å². The average Bonchev–Trinajstić information content (AvgIpc) is 3.12. The monoisotopic (exact) mass is 285 g/mol. The third-order valence-corrected chi connectivity index (χ3v) is 4.46. The molecule has 1 N–H and O–H groups in total. The molecule has 0 amide bonds. The van der Waals surface area contributed by atoms with Crippen LogP contribution in [-0.2, 0) is 0 Å². The Balaban J connectivity index is 1.92. The van der Waals surface area contributed by atoms with Gasteiger partial charge in [0.15, 0.2) is 0 Å². The summed E-state index contributed by atoms with van der Waals surface area (Å²) in [5, 5.41) is 6.85. The SMILES string of the molecule is CCNC(CC)c1ccc(-c2ccc3sccc3c2)o1. The zero-order chi connectivity index (χ0) is 13.9. The molecule has 0 spiro atoms. The molecule has 2 heterocycles. The number of hydrogen-bond donors (Lipinski definition) is 1. The molecule has 2 aromatic heterocycles. The lowest BCUT2D eigenvalue weighted by atomic mass is 10.1. The van der Waals surface area contributed by atoms with Crippen LogP contribution in [0.4, 0.5) is 0 Å². The molecular weight excluding hydrogens is 266 g/mol. The van der Waals surface area contributed by atoms with E-state index in [1.54, 1.807) is 11.3 Å². The van der Waals surface area contributed by atoms with Crippen molar-refractivity contribution >= 4 is 21.4 Å². The normalized spacial score (nSPS) is 12.9. The highest BCUT2D eigenvalue weighted by molar-refractivity contribution is 7.17. The highest BCUT2D eigenvalue weighted by Crippen LogP contribution is 2.30. The molecule has 0 aliphatic heterocycles. The van der Waals surface area contributed by atoms with Crippen molar-refractivity contribution in [2.24, 2.45) is 0 Å². The van der Waals surface area contributed by atoms with Crippen LogP contribution in [-0.4, -0.2) is 6.54 Å². The van der Waals surface area contributed by atoms with Crippen LogP contribution in [0.1, 0.15) is 32.1 Å². The molecule has 1 unspecified atom stereocenters. The Kier molecular flexibility index (Phi) is 3.90. The molecule has 0 bridgehead atoms. The van der Waals surface area contributed by atoms with Gasteiger partial charge < -0.3 is 9.73 Å². The zero-order valence-corrected chi connectivity index (χ0v) is 12.7. The molecule has 3 rings (SSSR count). The van der Waals surface area contributed by atoms with Crippen LogP contribution in [0, 0.1) is 0 Å². The van der Waals surface area contributed by atoms with Gasteiger partial charge in [0.25, 0.3) is 0 Å².